The van der Waals surface area contributed by atoms with Crippen LogP contribution >= 0.6 is 0 Å². The first-order valence-corrected chi connectivity index (χ1v) is 2.00. The smallest absolute Gasteiger partial charge is 0.0311 e. The summed E-state index contributed by atoms with van der Waals surface area (Å²) >= 11 is 0. The van der Waals surface area contributed by atoms with E-state index in [4.69, 9.17) is 17.5 Å². The topological polar surface area (TPSA) is 117 Å². The van der Waals surface area contributed by atoms with Crippen LogP contribution < -0.4 is 6.15 Å². The van der Waals surface area contributed by atoms with Gasteiger partial charge in [0.1, 0.15) is 0 Å². The van der Waals surface area contributed by atoms with Crippen molar-refractivity contribution in [2.45, 2.75) is 0 Å². The first-order chi connectivity index (χ1) is 2.00. The molecule has 5 nitrogen and oxygen atoms in total. The second-order valence-corrected chi connectivity index (χ2v) is 1.22. The Morgan fingerprint density at radius 2 is 1.14 bits per heavy atom. The molecule has 0 fully saturated rings. The Morgan fingerprint density at radius 3 is 1.14 bits per heavy atom. The van der Waals surface area contributed by atoms with Gasteiger partial charge < -0.3 is 15.3 Å². The Balaban J connectivity index is -0.0000000800. The van der Waals surface area contributed by atoms with Gasteiger partial charge in [-0.1, -0.05) is 0 Å². The largest absolute Gasteiger partial charge is 0.759 e. The van der Waals surface area contributed by atoms with Crippen molar-refractivity contribution in [3.8, 4) is 0 Å². The maximum atomic E-state index is 8.52. The predicted octanol–water partition coefficient (Wildman–Crippen LogP) is -0.964. The van der Waals surface area contributed by atoms with Crippen LogP contribution in [-0.4, -0.2) is 17.5 Å². The molecule has 0 spiro atoms. The SMILES string of the molecule is O=S(=O)([O-])[O-].[NH4+].[Zr]. The van der Waals surface area contributed by atoms with Gasteiger partial charge in [-0.25, -0.2) is 0 Å². The predicted molar refractivity (Wildman–Crippen MR) is 16.5 cm³/mol. The summed E-state index contributed by atoms with van der Waals surface area (Å²) in [6, 6.07) is 0. The van der Waals surface area contributed by atoms with Gasteiger partial charge in [0.15, 0.2) is 0 Å². The van der Waals surface area contributed by atoms with Gasteiger partial charge in [0, 0.05) is 36.6 Å². The maximum absolute atomic E-state index is 8.52. The van der Waals surface area contributed by atoms with Crippen molar-refractivity contribution in [2.75, 3.05) is 0 Å². The van der Waals surface area contributed by atoms with Gasteiger partial charge >= 0.3 is 0 Å². The summed E-state index contributed by atoms with van der Waals surface area (Å²) in [6.07, 6.45) is 0. The monoisotopic (exact) mass is 204 g/mol. The van der Waals surface area contributed by atoms with Gasteiger partial charge in [0.25, 0.3) is 0 Å². The fraction of sp³-hybridized carbons (Fsp3) is 0. The van der Waals surface area contributed by atoms with Crippen LogP contribution in [-0.2, 0) is 36.6 Å². The van der Waals surface area contributed by atoms with Crippen molar-refractivity contribution in [1.82, 2.24) is 6.15 Å². The number of hydrogen-bond donors (Lipinski definition) is 1. The van der Waals surface area contributed by atoms with Crippen molar-refractivity contribution < 1.29 is 43.7 Å². The maximum Gasteiger partial charge on any atom is 0.0311 e. The van der Waals surface area contributed by atoms with Crippen LogP contribution in [0.15, 0.2) is 0 Å². The molecule has 0 aromatic carbocycles. The minimum absolute atomic E-state index is 0. The standard InChI is InChI=1S/H3N.H2O4S.Zr/c;1-5(2,3)4;/h1H3;(H2,1,2,3,4);/p-1. The van der Waals surface area contributed by atoms with Crippen LogP contribution in [0, 0.1) is 0 Å². The van der Waals surface area contributed by atoms with E-state index in [1.807, 2.05) is 0 Å². The van der Waals surface area contributed by atoms with Crippen molar-refractivity contribution in [3.05, 3.63) is 0 Å². The molecule has 4 N–H and O–H groups in total. The summed E-state index contributed by atoms with van der Waals surface area (Å²) in [6.45, 7) is 0. The molecule has 0 amide bonds. The molecular weight excluding hydrogens is 201 g/mol. The molecule has 0 aliphatic heterocycles. The normalized spacial score (nSPS) is 8.29. The average Bonchev–Trinajstić information content (AvgIpc) is 0.722. The van der Waals surface area contributed by atoms with Gasteiger partial charge in [0.05, 0.1) is 0 Å². The third-order valence-electron chi connectivity index (χ3n) is 0. The molecule has 0 aromatic heterocycles. The van der Waals surface area contributed by atoms with E-state index in [-0.39, 0.29) is 32.4 Å². The summed E-state index contributed by atoms with van der Waals surface area (Å²) < 4.78 is 34.1. The van der Waals surface area contributed by atoms with Crippen molar-refractivity contribution in [2.24, 2.45) is 0 Å². The first kappa shape index (κ1) is 15.6. The summed E-state index contributed by atoms with van der Waals surface area (Å²) in [7, 11) is -5.17. The average molecular weight is 205 g/mol. The summed E-state index contributed by atoms with van der Waals surface area (Å²) in [5, 5.41) is 0. The molecule has 7 heteroatoms. The van der Waals surface area contributed by atoms with Crippen LogP contribution in [0.5, 0.6) is 0 Å². The van der Waals surface area contributed by atoms with E-state index >= 15 is 0 Å². The number of hydrogen-bond acceptors (Lipinski definition) is 4. The van der Waals surface area contributed by atoms with Crippen LogP contribution in [0.2, 0.25) is 0 Å². The number of rotatable bonds is 0. The molecule has 0 rings (SSSR count). The molecule has 0 heterocycles. The van der Waals surface area contributed by atoms with E-state index in [0.717, 1.165) is 0 Å². The fourth-order valence-corrected chi connectivity index (χ4v) is 0. The van der Waals surface area contributed by atoms with E-state index in [1.54, 1.807) is 0 Å². The second kappa shape index (κ2) is 4.86. The van der Waals surface area contributed by atoms with Crippen molar-refractivity contribution >= 4 is 10.4 Å². The van der Waals surface area contributed by atoms with Crippen molar-refractivity contribution in [3.63, 3.8) is 0 Å². The fourth-order valence-electron chi connectivity index (χ4n) is 0. The molecule has 0 aliphatic carbocycles. The molecule has 44 valence electrons. The summed E-state index contributed by atoms with van der Waals surface area (Å²) in [5.41, 5.74) is 0. The minimum atomic E-state index is -5.17. The van der Waals surface area contributed by atoms with E-state index in [1.165, 1.54) is 0 Å². The zero-order valence-electron chi connectivity index (χ0n) is 3.54. The van der Waals surface area contributed by atoms with E-state index < -0.39 is 10.4 Å². The van der Waals surface area contributed by atoms with E-state index in [2.05, 4.69) is 0 Å². The molecule has 0 saturated heterocycles. The van der Waals surface area contributed by atoms with Gasteiger partial charge in [-0.05, 0) is 0 Å². The minimum Gasteiger partial charge on any atom is -0.759 e. The molecule has 7 heavy (non-hydrogen) atoms. The van der Waals surface area contributed by atoms with Gasteiger partial charge in [0.2, 0.25) is 0 Å². The van der Waals surface area contributed by atoms with Gasteiger partial charge in [-0.2, -0.15) is 0 Å². The Bertz CT molecular complexity index is 94.9. The zero-order chi connectivity index (χ0) is 4.50. The Morgan fingerprint density at radius 1 is 1.14 bits per heavy atom. The molecule has 0 unspecified atom stereocenters. The van der Waals surface area contributed by atoms with Crippen LogP contribution in [0.25, 0.3) is 0 Å². The molecule has 0 radical (unpaired) electrons. The van der Waals surface area contributed by atoms with Gasteiger partial charge in [-0.3, -0.25) is 8.42 Å². The Kier molecular flexibility index (Phi) is 10.9. The van der Waals surface area contributed by atoms with E-state index in [0.29, 0.717) is 0 Å². The van der Waals surface area contributed by atoms with Gasteiger partial charge in [-0.15, -0.1) is 0 Å². The second-order valence-electron chi connectivity index (χ2n) is 0.408. The Labute approximate surface area is 60.4 Å². The third-order valence-corrected chi connectivity index (χ3v) is 0. The summed E-state index contributed by atoms with van der Waals surface area (Å²) in [4.78, 5) is 0. The molecule has 0 aromatic rings. The quantitative estimate of drug-likeness (QED) is 0.404. The molecule has 0 bridgehead atoms. The third kappa shape index (κ3) is 293. The zero-order valence-corrected chi connectivity index (χ0v) is 6.82. The Hall–Kier alpha value is 0.713. The van der Waals surface area contributed by atoms with Crippen LogP contribution in [0.1, 0.15) is 0 Å². The first-order valence-electron chi connectivity index (χ1n) is 0.667. The molecule has 0 saturated carbocycles. The van der Waals surface area contributed by atoms with Crippen LogP contribution in [0.3, 0.4) is 0 Å². The summed E-state index contributed by atoms with van der Waals surface area (Å²) in [5.74, 6) is 0. The number of quaternary nitrogens is 1. The molecular formula is H4NO4SZr-. The van der Waals surface area contributed by atoms with E-state index in [9.17, 15) is 0 Å². The van der Waals surface area contributed by atoms with Crippen molar-refractivity contribution in [1.29, 1.82) is 0 Å². The molecule has 0 aliphatic rings. The molecule has 0 atom stereocenters. The van der Waals surface area contributed by atoms with Crippen LogP contribution in [0.4, 0.5) is 0 Å².